The van der Waals surface area contributed by atoms with Crippen LogP contribution >= 0.6 is 0 Å². The molecule has 0 spiro atoms. The molecule has 1 aromatic carbocycles. The molecule has 1 unspecified atom stereocenters. The highest BCUT2D eigenvalue weighted by molar-refractivity contribution is 6.74. The second-order valence-corrected chi connectivity index (χ2v) is 12.8. The zero-order valence-corrected chi connectivity index (χ0v) is 17.6. The largest absolute Gasteiger partial charge is 0.417 e. The van der Waals surface area contributed by atoms with Crippen molar-refractivity contribution in [3.63, 3.8) is 0 Å². The maximum Gasteiger partial charge on any atom is 0.191 e. The molecule has 0 aliphatic heterocycles. The van der Waals surface area contributed by atoms with Gasteiger partial charge in [0, 0.05) is 18.6 Å². The van der Waals surface area contributed by atoms with Crippen molar-refractivity contribution >= 4 is 14.1 Å². The standard InChI is InChI=1S/C21H34O3Si/c1-7-19(22)18(20(23)17-13-9-8-10-14-17)15-11-12-16-24-25(5,6)21(2,3)4/h8-10,13-15,20,23H,7,11-12,16H2,1-6H3/b18-15+. The van der Waals surface area contributed by atoms with E-state index in [1.807, 2.05) is 43.3 Å². The summed E-state index contributed by atoms with van der Waals surface area (Å²) in [5.74, 6) is 0.00154. The molecule has 25 heavy (non-hydrogen) atoms. The number of allylic oxidation sites excluding steroid dienone is 1. The molecule has 140 valence electrons. The van der Waals surface area contributed by atoms with Gasteiger partial charge in [-0.2, -0.15) is 0 Å². The molecule has 0 saturated carbocycles. The Kier molecular flexibility index (Phi) is 8.25. The van der Waals surface area contributed by atoms with E-state index in [0.717, 1.165) is 18.4 Å². The molecule has 1 aromatic rings. The van der Waals surface area contributed by atoms with Gasteiger partial charge in [0.25, 0.3) is 0 Å². The lowest BCUT2D eigenvalue weighted by Gasteiger charge is -2.36. The van der Waals surface area contributed by atoms with Crippen molar-refractivity contribution in [1.82, 2.24) is 0 Å². The van der Waals surface area contributed by atoms with Crippen molar-refractivity contribution in [1.29, 1.82) is 0 Å². The molecule has 0 amide bonds. The van der Waals surface area contributed by atoms with Crippen molar-refractivity contribution in [2.75, 3.05) is 6.61 Å². The van der Waals surface area contributed by atoms with E-state index in [0.29, 0.717) is 18.6 Å². The molecule has 1 rings (SSSR count). The van der Waals surface area contributed by atoms with Crippen LogP contribution in [-0.2, 0) is 9.22 Å². The summed E-state index contributed by atoms with van der Waals surface area (Å²) in [4.78, 5) is 12.2. The Balaban J connectivity index is 2.68. The zero-order chi connectivity index (χ0) is 19.1. The molecule has 0 aliphatic carbocycles. The van der Waals surface area contributed by atoms with Gasteiger partial charge in [0.2, 0.25) is 0 Å². The third kappa shape index (κ3) is 6.53. The number of unbranched alkanes of at least 4 members (excludes halogenated alkanes) is 1. The van der Waals surface area contributed by atoms with Crippen LogP contribution in [0.25, 0.3) is 0 Å². The third-order valence-electron chi connectivity index (χ3n) is 5.03. The average molecular weight is 363 g/mol. The fraction of sp³-hybridized carbons (Fsp3) is 0.571. The molecule has 0 saturated heterocycles. The van der Waals surface area contributed by atoms with E-state index >= 15 is 0 Å². The summed E-state index contributed by atoms with van der Waals surface area (Å²) in [7, 11) is -1.72. The molecule has 0 fully saturated rings. The minimum absolute atomic E-state index is 0.00154. The SMILES string of the molecule is CCC(=O)/C(=C\CCCO[Si](C)(C)C(C)(C)C)C(O)c1ccccc1. The van der Waals surface area contributed by atoms with Gasteiger partial charge in [-0.25, -0.2) is 0 Å². The number of benzene rings is 1. The summed E-state index contributed by atoms with van der Waals surface area (Å²) in [6.45, 7) is 13.7. The van der Waals surface area contributed by atoms with Crippen molar-refractivity contribution in [2.45, 2.75) is 71.2 Å². The minimum atomic E-state index is -1.72. The van der Waals surface area contributed by atoms with Gasteiger partial charge in [0.05, 0.1) is 0 Å². The Morgan fingerprint density at radius 1 is 1.24 bits per heavy atom. The highest BCUT2D eigenvalue weighted by atomic mass is 28.4. The summed E-state index contributed by atoms with van der Waals surface area (Å²) >= 11 is 0. The van der Waals surface area contributed by atoms with Crippen molar-refractivity contribution in [3.8, 4) is 0 Å². The normalized spacial score (nSPS) is 14.4. The molecule has 1 N–H and O–H groups in total. The second-order valence-electron chi connectivity index (χ2n) is 8.00. The van der Waals surface area contributed by atoms with Gasteiger partial charge in [-0.05, 0) is 36.5 Å². The van der Waals surface area contributed by atoms with E-state index in [1.165, 1.54) is 0 Å². The summed E-state index contributed by atoms with van der Waals surface area (Å²) in [5, 5.41) is 10.8. The maximum absolute atomic E-state index is 12.2. The number of hydrogen-bond acceptors (Lipinski definition) is 3. The number of ketones is 1. The first-order valence-electron chi connectivity index (χ1n) is 9.20. The van der Waals surface area contributed by atoms with Crippen LogP contribution in [0.15, 0.2) is 42.0 Å². The van der Waals surface area contributed by atoms with E-state index < -0.39 is 14.4 Å². The molecular weight excluding hydrogens is 328 g/mol. The van der Waals surface area contributed by atoms with Crippen LogP contribution in [0, 0.1) is 0 Å². The van der Waals surface area contributed by atoms with Crippen molar-refractivity contribution in [2.24, 2.45) is 0 Å². The summed E-state index contributed by atoms with van der Waals surface area (Å²) in [6, 6.07) is 9.35. The number of carbonyl (C=O) groups excluding carboxylic acids is 1. The predicted molar refractivity (Wildman–Crippen MR) is 107 cm³/mol. The first kappa shape index (κ1) is 21.8. The summed E-state index contributed by atoms with van der Waals surface area (Å²) in [5.41, 5.74) is 1.26. The van der Waals surface area contributed by atoms with Crippen LogP contribution < -0.4 is 0 Å². The highest BCUT2D eigenvalue weighted by Crippen LogP contribution is 2.36. The molecule has 0 heterocycles. The van der Waals surface area contributed by atoms with Gasteiger partial charge in [-0.1, -0.05) is 64.1 Å². The molecule has 0 radical (unpaired) electrons. The fourth-order valence-corrected chi connectivity index (χ4v) is 3.37. The van der Waals surface area contributed by atoms with Crippen molar-refractivity contribution in [3.05, 3.63) is 47.5 Å². The topological polar surface area (TPSA) is 46.5 Å². The number of hydrogen-bond donors (Lipinski definition) is 1. The van der Waals surface area contributed by atoms with Crippen LogP contribution in [0.4, 0.5) is 0 Å². The number of aliphatic hydroxyl groups is 1. The predicted octanol–water partition coefficient (Wildman–Crippen LogP) is 5.43. The molecule has 0 aliphatic rings. The Morgan fingerprint density at radius 2 is 1.84 bits per heavy atom. The summed E-state index contributed by atoms with van der Waals surface area (Å²) in [6.07, 6.45) is 3.03. The first-order valence-corrected chi connectivity index (χ1v) is 12.1. The van der Waals surface area contributed by atoms with E-state index in [4.69, 9.17) is 4.43 Å². The Labute approximate surface area is 154 Å². The zero-order valence-electron chi connectivity index (χ0n) is 16.6. The van der Waals surface area contributed by atoms with Gasteiger partial charge in [0.1, 0.15) is 6.10 Å². The number of aliphatic hydroxyl groups excluding tert-OH is 1. The molecule has 4 heteroatoms. The van der Waals surface area contributed by atoms with Gasteiger partial charge < -0.3 is 9.53 Å². The Morgan fingerprint density at radius 3 is 2.36 bits per heavy atom. The van der Waals surface area contributed by atoms with Crippen molar-refractivity contribution < 1.29 is 14.3 Å². The lowest BCUT2D eigenvalue weighted by atomic mass is 9.96. The molecule has 1 atom stereocenters. The molecule has 0 bridgehead atoms. The smallest absolute Gasteiger partial charge is 0.191 e. The maximum atomic E-state index is 12.2. The molecular formula is C21H34O3Si. The van der Waals surface area contributed by atoms with E-state index in [-0.39, 0.29) is 10.8 Å². The number of Topliss-reactive ketones (excluding diaryl/α,β-unsaturated/α-hetero) is 1. The lowest BCUT2D eigenvalue weighted by Crippen LogP contribution is -2.40. The molecule has 3 nitrogen and oxygen atoms in total. The summed E-state index contributed by atoms with van der Waals surface area (Å²) < 4.78 is 6.17. The Bertz CT molecular complexity index is 571. The minimum Gasteiger partial charge on any atom is -0.417 e. The van der Waals surface area contributed by atoms with E-state index in [2.05, 4.69) is 33.9 Å². The average Bonchev–Trinajstić information content (AvgIpc) is 2.56. The highest BCUT2D eigenvalue weighted by Gasteiger charge is 2.36. The molecule has 0 aromatic heterocycles. The monoisotopic (exact) mass is 362 g/mol. The van der Waals surface area contributed by atoms with Crippen LogP contribution in [-0.4, -0.2) is 25.8 Å². The number of carbonyl (C=O) groups is 1. The van der Waals surface area contributed by atoms with Crippen LogP contribution in [0.2, 0.25) is 18.1 Å². The van der Waals surface area contributed by atoms with Gasteiger partial charge in [-0.15, -0.1) is 0 Å². The van der Waals surface area contributed by atoms with E-state index in [9.17, 15) is 9.90 Å². The lowest BCUT2D eigenvalue weighted by molar-refractivity contribution is -0.116. The third-order valence-corrected chi connectivity index (χ3v) is 9.57. The second kappa shape index (κ2) is 9.46. The van der Waals surface area contributed by atoms with Gasteiger partial charge in [0.15, 0.2) is 14.1 Å². The Hall–Kier alpha value is -1.23. The quantitative estimate of drug-likeness (QED) is 0.362. The van der Waals surface area contributed by atoms with Crippen LogP contribution in [0.3, 0.4) is 0 Å². The van der Waals surface area contributed by atoms with E-state index in [1.54, 1.807) is 0 Å². The fourth-order valence-electron chi connectivity index (χ4n) is 2.28. The first-order chi connectivity index (χ1) is 11.6. The van der Waals surface area contributed by atoms with Crippen LogP contribution in [0.5, 0.6) is 0 Å². The van der Waals surface area contributed by atoms with Crippen LogP contribution in [0.1, 0.15) is 58.6 Å². The van der Waals surface area contributed by atoms with Gasteiger partial charge >= 0.3 is 0 Å². The number of rotatable bonds is 9. The van der Waals surface area contributed by atoms with Gasteiger partial charge in [-0.3, -0.25) is 4.79 Å².